The van der Waals surface area contributed by atoms with E-state index in [0.717, 1.165) is 6.42 Å². The third-order valence-electron chi connectivity index (χ3n) is 7.84. The van der Waals surface area contributed by atoms with Crippen molar-refractivity contribution in [2.75, 3.05) is 13.7 Å². The molecule has 3 atom stereocenters. The van der Waals surface area contributed by atoms with Crippen LogP contribution in [0, 0.1) is 22.7 Å². The molecule has 1 saturated heterocycles. The Morgan fingerprint density at radius 1 is 1.36 bits per heavy atom. The lowest BCUT2D eigenvalue weighted by Gasteiger charge is -2.44. The Bertz CT molecular complexity index is 1260. The van der Waals surface area contributed by atoms with Gasteiger partial charge < -0.3 is 19.9 Å². The van der Waals surface area contributed by atoms with E-state index in [1.165, 1.54) is 12.0 Å². The number of methoxy groups -OCH3 is 1. The van der Waals surface area contributed by atoms with Crippen LogP contribution in [0.25, 0.3) is 10.9 Å². The fraction of sp³-hybridized carbons (Fsp3) is 0.538. The minimum absolute atomic E-state index is 0.0321. The molecule has 2 heterocycles. The van der Waals surface area contributed by atoms with Crippen molar-refractivity contribution in [1.82, 2.24) is 15.2 Å². The van der Waals surface area contributed by atoms with Crippen molar-refractivity contribution < 1.29 is 27.9 Å². The molecule has 2 saturated carbocycles. The van der Waals surface area contributed by atoms with Crippen LogP contribution >= 0.6 is 0 Å². The van der Waals surface area contributed by atoms with Gasteiger partial charge in [0.05, 0.1) is 13.2 Å². The van der Waals surface area contributed by atoms with E-state index in [1.54, 1.807) is 24.3 Å². The van der Waals surface area contributed by atoms with Gasteiger partial charge in [-0.15, -0.1) is 0 Å². The smallest absolute Gasteiger partial charge is 0.271 e. The number of aromatic amines is 1. The minimum atomic E-state index is -2.81. The van der Waals surface area contributed by atoms with Crippen molar-refractivity contribution in [2.45, 2.75) is 63.0 Å². The largest absolute Gasteiger partial charge is 0.496 e. The number of carbonyl (C=O) groups is 3. The predicted octanol–water partition coefficient (Wildman–Crippen LogP) is 3.57. The van der Waals surface area contributed by atoms with Gasteiger partial charge in [-0.3, -0.25) is 14.4 Å². The highest BCUT2D eigenvalue weighted by molar-refractivity contribution is 6.02. The van der Waals surface area contributed by atoms with Crippen LogP contribution in [-0.4, -0.2) is 59.1 Å². The van der Waals surface area contributed by atoms with Gasteiger partial charge in [0.1, 0.15) is 29.3 Å². The average molecular weight is 499 g/mol. The number of nitriles is 1. The van der Waals surface area contributed by atoms with Gasteiger partial charge in [0.25, 0.3) is 5.91 Å². The molecule has 1 spiro atoms. The fourth-order valence-electron chi connectivity index (χ4n) is 6.21. The van der Waals surface area contributed by atoms with Crippen LogP contribution in [0.4, 0.5) is 8.78 Å². The first-order chi connectivity index (χ1) is 17.1. The second kappa shape index (κ2) is 8.87. The number of hydrogen-bond acceptors (Lipinski definition) is 5. The molecular weight excluding hydrogens is 470 g/mol. The van der Waals surface area contributed by atoms with Gasteiger partial charge >= 0.3 is 0 Å². The van der Waals surface area contributed by atoms with Gasteiger partial charge in [0.2, 0.25) is 11.8 Å². The van der Waals surface area contributed by atoms with Crippen molar-refractivity contribution in [2.24, 2.45) is 11.3 Å². The molecular formula is C26H28F2N4O4. The van der Waals surface area contributed by atoms with E-state index in [0.29, 0.717) is 29.5 Å². The van der Waals surface area contributed by atoms with Crippen molar-refractivity contribution in [1.29, 1.82) is 5.26 Å². The average Bonchev–Trinajstić information content (AvgIpc) is 3.54. The molecule has 5 rings (SSSR count). The molecule has 10 heteroatoms. The zero-order valence-corrected chi connectivity index (χ0v) is 20.0. The van der Waals surface area contributed by atoms with Crippen molar-refractivity contribution in [3.63, 3.8) is 0 Å². The first-order valence-electron chi connectivity index (χ1n) is 12.2. The number of nitrogens with zero attached hydrogens (tertiary/aromatic N) is 2. The molecule has 0 bridgehead atoms. The first kappa shape index (κ1) is 24.2. The number of likely N-dealkylation sites (tertiary alicyclic amines) is 1. The number of nitrogens with one attached hydrogen (secondary N) is 2. The van der Waals surface area contributed by atoms with Crippen LogP contribution in [0.2, 0.25) is 0 Å². The first-order valence-corrected chi connectivity index (χ1v) is 12.2. The Morgan fingerprint density at radius 3 is 2.78 bits per heavy atom. The zero-order chi connectivity index (χ0) is 25.7. The topological polar surface area (TPSA) is 115 Å². The molecule has 3 fully saturated rings. The molecule has 36 heavy (non-hydrogen) atoms. The number of amides is 2. The Hall–Kier alpha value is -3.48. The normalized spacial score (nSPS) is 24.9. The number of hydrogen-bond donors (Lipinski definition) is 2. The number of Topliss-reactive ketones (excluding diaryl/α,β-unsaturated/α-hetero) is 1. The van der Waals surface area contributed by atoms with E-state index in [-0.39, 0.29) is 49.6 Å². The Labute approximate surface area is 207 Å². The quantitative estimate of drug-likeness (QED) is 0.632. The van der Waals surface area contributed by atoms with Gasteiger partial charge in [-0.25, -0.2) is 8.78 Å². The lowest BCUT2D eigenvalue weighted by molar-refractivity contribution is -0.155. The molecule has 3 aliphatic rings. The van der Waals surface area contributed by atoms with Crippen molar-refractivity contribution >= 4 is 28.5 Å². The predicted molar refractivity (Wildman–Crippen MR) is 125 cm³/mol. The third kappa shape index (κ3) is 4.31. The Morgan fingerprint density at radius 2 is 2.14 bits per heavy atom. The number of H-pyrrole nitrogens is 1. The van der Waals surface area contributed by atoms with Crippen LogP contribution in [0.1, 0.15) is 55.4 Å². The van der Waals surface area contributed by atoms with E-state index in [4.69, 9.17) is 4.74 Å². The zero-order valence-electron chi connectivity index (χ0n) is 20.0. The lowest BCUT2D eigenvalue weighted by Crippen LogP contribution is -2.49. The van der Waals surface area contributed by atoms with Crippen LogP contribution in [-0.2, 0) is 9.59 Å². The maximum atomic E-state index is 13.9. The van der Waals surface area contributed by atoms with Gasteiger partial charge in [-0.1, -0.05) is 6.07 Å². The standard InChI is InChI=1S/C26H28F2N4O4/c1-36-22-7-3-5-18-17(22)9-19(31-18)24(35)32-14-25(12-26(27,28)13-25)10-20(32)23(34)30-16(11-29)8-15-4-2-6-21(15)33/h3,5,7,9,15-16,20,31H,2,4,6,8,10,12-14H2,1H3,(H,30,34)/t15-,16-,20?/m0/s1. The lowest BCUT2D eigenvalue weighted by atomic mass is 9.65. The molecule has 2 N–H and O–H groups in total. The summed E-state index contributed by atoms with van der Waals surface area (Å²) in [5.74, 6) is -3.44. The summed E-state index contributed by atoms with van der Waals surface area (Å²) >= 11 is 0. The third-order valence-corrected chi connectivity index (χ3v) is 7.84. The molecule has 1 aromatic carbocycles. The SMILES string of the molecule is COc1cccc2[nH]c(C(=O)N3CC4(CC3C(=O)N[C@H](C#N)C[C@@H]3CCCC3=O)CC(F)(F)C4)cc12. The molecule has 0 radical (unpaired) electrons. The van der Waals surface area contributed by atoms with Gasteiger partial charge in [0, 0.05) is 48.0 Å². The number of carbonyl (C=O) groups excluding carboxylic acids is 3. The molecule has 8 nitrogen and oxygen atoms in total. The molecule has 1 aromatic heterocycles. The molecule has 2 amide bonds. The Kier molecular flexibility index (Phi) is 5.97. The monoisotopic (exact) mass is 498 g/mol. The van der Waals surface area contributed by atoms with Gasteiger partial charge in [-0.2, -0.15) is 5.26 Å². The van der Waals surface area contributed by atoms with Crippen LogP contribution in [0.3, 0.4) is 0 Å². The van der Waals surface area contributed by atoms with Crippen molar-refractivity contribution in [3.05, 3.63) is 30.0 Å². The fourth-order valence-corrected chi connectivity index (χ4v) is 6.21. The summed E-state index contributed by atoms with van der Waals surface area (Å²) < 4.78 is 33.1. The number of aromatic nitrogens is 1. The van der Waals surface area contributed by atoms with E-state index in [1.807, 2.05) is 6.07 Å². The van der Waals surface area contributed by atoms with Crippen LogP contribution in [0.5, 0.6) is 5.75 Å². The highest BCUT2D eigenvalue weighted by Crippen LogP contribution is 2.58. The van der Waals surface area contributed by atoms with E-state index >= 15 is 0 Å². The van der Waals surface area contributed by atoms with Gasteiger partial charge in [0.15, 0.2) is 0 Å². The number of alkyl halides is 2. The summed E-state index contributed by atoms with van der Waals surface area (Å²) in [6, 6.07) is 7.13. The highest BCUT2D eigenvalue weighted by Gasteiger charge is 2.62. The summed E-state index contributed by atoms with van der Waals surface area (Å²) in [4.78, 5) is 43.3. The van der Waals surface area contributed by atoms with Crippen LogP contribution < -0.4 is 10.1 Å². The molecule has 190 valence electrons. The summed E-state index contributed by atoms with van der Waals surface area (Å²) in [5, 5.41) is 13.0. The Balaban J connectivity index is 1.38. The molecule has 1 unspecified atom stereocenters. The summed E-state index contributed by atoms with van der Waals surface area (Å²) in [5.41, 5.74) is 0.0615. The van der Waals surface area contributed by atoms with E-state index < -0.39 is 35.2 Å². The van der Waals surface area contributed by atoms with E-state index in [2.05, 4.69) is 10.3 Å². The number of ether oxygens (including phenoxy) is 1. The number of rotatable bonds is 6. The molecule has 2 aromatic rings. The van der Waals surface area contributed by atoms with Crippen molar-refractivity contribution in [3.8, 4) is 11.8 Å². The summed E-state index contributed by atoms with van der Waals surface area (Å²) in [6.07, 6.45) is 1.48. The van der Waals surface area contributed by atoms with Crippen LogP contribution in [0.15, 0.2) is 24.3 Å². The highest BCUT2D eigenvalue weighted by atomic mass is 19.3. The molecule has 2 aliphatic carbocycles. The number of benzene rings is 1. The number of halogens is 2. The van der Waals surface area contributed by atoms with Gasteiger partial charge in [-0.05, 0) is 43.9 Å². The van der Waals surface area contributed by atoms with E-state index in [9.17, 15) is 28.4 Å². The summed E-state index contributed by atoms with van der Waals surface area (Å²) in [7, 11) is 1.52. The number of ketones is 1. The second-order valence-corrected chi connectivity index (χ2v) is 10.4. The molecule has 1 aliphatic heterocycles. The minimum Gasteiger partial charge on any atom is -0.496 e. The maximum absolute atomic E-state index is 13.9. The summed E-state index contributed by atoms with van der Waals surface area (Å²) in [6.45, 7) is 0.0321. The maximum Gasteiger partial charge on any atom is 0.271 e. The number of fused-ring (bicyclic) bond motifs is 1. The second-order valence-electron chi connectivity index (χ2n) is 10.4.